The molecule has 1 amide bonds. The Balaban J connectivity index is 1.36. The summed E-state index contributed by atoms with van der Waals surface area (Å²) in [5, 5.41) is 28.2. The van der Waals surface area contributed by atoms with Crippen LogP contribution in [-0.2, 0) is 11.3 Å². The van der Waals surface area contributed by atoms with Gasteiger partial charge in [0, 0.05) is 0 Å². The van der Waals surface area contributed by atoms with Crippen molar-refractivity contribution in [2.45, 2.75) is 10.9 Å². The van der Waals surface area contributed by atoms with E-state index in [4.69, 9.17) is 4.42 Å². The standard InChI is InChI=1S/C19H15N7O2S2/c20-9-13-10-22-26(14-5-2-1-3-6-14)17(13)23-16(27)12-29-19-25-24-18(30-19)21-11-15-7-4-8-28-15/h1-8,10H,11-12H2,(H,21,24)(H,23,27). The van der Waals surface area contributed by atoms with Crippen LogP contribution in [0.1, 0.15) is 11.3 Å². The largest absolute Gasteiger partial charge is 0.467 e. The van der Waals surface area contributed by atoms with Gasteiger partial charge in [-0.25, -0.2) is 4.68 Å². The molecule has 30 heavy (non-hydrogen) atoms. The first-order valence-corrected chi connectivity index (χ1v) is 10.6. The molecule has 4 aromatic rings. The maximum atomic E-state index is 12.5. The summed E-state index contributed by atoms with van der Waals surface area (Å²) >= 11 is 2.62. The second-order valence-electron chi connectivity index (χ2n) is 5.91. The summed E-state index contributed by atoms with van der Waals surface area (Å²) in [5.74, 6) is 0.987. The Morgan fingerprint density at radius 1 is 1.23 bits per heavy atom. The van der Waals surface area contributed by atoms with Crippen molar-refractivity contribution in [3.63, 3.8) is 0 Å². The Kier molecular flexibility index (Phi) is 6.07. The smallest absolute Gasteiger partial charge is 0.236 e. The van der Waals surface area contributed by atoms with E-state index in [0.717, 1.165) is 11.4 Å². The first-order valence-electron chi connectivity index (χ1n) is 8.79. The van der Waals surface area contributed by atoms with Gasteiger partial charge in [0.2, 0.25) is 11.0 Å². The number of carbonyl (C=O) groups is 1. The van der Waals surface area contributed by atoms with Crippen LogP contribution in [-0.4, -0.2) is 31.6 Å². The van der Waals surface area contributed by atoms with Gasteiger partial charge >= 0.3 is 0 Å². The quantitative estimate of drug-likeness (QED) is 0.402. The van der Waals surface area contributed by atoms with Gasteiger partial charge in [0.1, 0.15) is 17.4 Å². The first kappa shape index (κ1) is 19.7. The maximum Gasteiger partial charge on any atom is 0.236 e. The van der Waals surface area contributed by atoms with Gasteiger partial charge in [-0.2, -0.15) is 10.4 Å². The lowest BCUT2D eigenvalue weighted by atomic mass is 10.3. The molecule has 0 atom stereocenters. The summed E-state index contributed by atoms with van der Waals surface area (Å²) in [6, 6.07) is 15.0. The zero-order valence-corrected chi connectivity index (χ0v) is 17.1. The number of anilines is 2. The number of nitrogens with one attached hydrogen (secondary N) is 2. The van der Waals surface area contributed by atoms with E-state index in [-0.39, 0.29) is 17.2 Å². The molecule has 1 aromatic carbocycles. The van der Waals surface area contributed by atoms with Crippen LogP contribution in [0.5, 0.6) is 0 Å². The van der Waals surface area contributed by atoms with Crippen LogP contribution in [0.25, 0.3) is 5.69 Å². The highest BCUT2D eigenvalue weighted by molar-refractivity contribution is 8.01. The predicted molar refractivity (Wildman–Crippen MR) is 114 cm³/mol. The number of carbonyl (C=O) groups excluding carboxylic acids is 1. The molecule has 0 radical (unpaired) electrons. The Labute approximate surface area is 179 Å². The molecule has 0 aliphatic carbocycles. The number of thioether (sulfide) groups is 1. The van der Waals surface area contributed by atoms with Crippen LogP contribution in [0.15, 0.2) is 63.7 Å². The Morgan fingerprint density at radius 2 is 2.10 bits per heavy atom. The molecule has 11 heteroatoms. The number of hydrogen-bond donors (Lipinski definition) is 2. The normalized spacial score (nSPS) is 10.5. The van der Waals surface area contributed by atoms with Gasteiger partial charge in [0.15, 0.2) is 10.2 Å². The molecular weight excluding hydrogens is 422 g/mol. The average molecular weight is 438 g/mol. The third-order valence-corrected chi connectivity index (χ3v) is 5.89. The molecule has 0 unspecified atom stereocenters. The maximum absolute atomic E-state index is 12.5. The van der Waals surface area contributed by atoms with Crippen molar-refractivity contribution in [1.82, 2.24) is 20.0 Å². The lowest BCUT2D eigenvalue weighted by Gasteiger charge is -2.09. The molecule has 3 heterocycles. The Morgan fingerprint density at radius 3 is 2.87 bits per heavy atom. The van der Waals surface area contributed by atoms with Crippen LogP contribution < -0.4 is 10.6 Å². The molecule has 0 spiro atoms. The van der Waals surface area contributed by atoms with Crippen molar-refractivity contribution < 1.29 is 9.21 Å². The average Bonchev–Trinajstić information content (AvgIpc) is 3.52. The Hall–Kier alpha value is -3.62. The third kappa shape index (κ3) is 4.68. The molecule has 9 nitrogen and oxygen atoms in total. The minimum atomic E-state index is -0.269. The van der Waals surface area contributed by atoms with E-state index >= 15 is 0 Å². The van der Waals surface area contributed by atoms with Crippen LogP contribution >= 0.6 is 23.1 Å². The van der Waals surface area contributed by atoms with Gasteiger partial charge in [-0.3, -0.25) is 4.79 Å². The molecule has 0 aliphatic heterocycles. The second-order valence-corrected chi connectivity index (χ2v) is 8.11. The number of rotatable bonds is 8. The number of furan rings is 1. The van der Waals surface area contributed by atoms with Crippen molar-refractivity contribution >= 4 is 40.0 Å². The minimum absolute atomic E-state index is 0.123. The van der Waals surface area contributed by atoms with Crippen molar-refractivity contribution in [1.29, 1.82) is 5.26 Å². The Bertz CT molecular complexity index is 1160. The zero-order valence-electron chi connectivity index (χ0n) is 15.5. The monoisotopic (exact) mass is 437 g/mol. The topological polar surface area (TPSA) is 122 Å². The number of para-hydroxylation sites is 1. The summed E-state index contributed by atoms with van der Waals surface area (Å²) < 4.78 is 7.44. The van der Waals surface area contributed by atoms with Gasteiger partial charge in [0.05, 0.1) is 30.4 Å². The fraction of sp³-hybridized carbons (Fsp3) is 0.105. The van der Waals surface area contributed by atoms with Crippen molar-refractivity contribution in [3.05, 3.63) is 66.2 Å². The lowest BCUT2D eigenvalue weighted by Crippen LogP contribution is -2.17. The number of aromatic nitrogens is 4. The second kappa shape index (κ2) is 9.25. The van der Waals surface area contributed by atoms with E-state index in [1.165, 1.54) is 34.0 Å². The molecule has 0 aliphatic rings. The summed E-state index contributed by atoms with van der Waals surface area (Å²) in [7, 11) is 0. The molecule has 0 fully saturated rings. The van der Waals surface area contributed by atoms with E-state index in [9.17, 15) is 10.1 Å². The zero-order chi connectivity index (χ0) is 20.8. The van der Waals surface area contributed by atoms with Gasteiger partial charge in [0.25, 0.3) is 0 Å². The third-order valence-electron chi connectivity index (χ3n) is 3.88. The highest BCUT2D eigenvalue weighted by Gasteiger charge is 2.16. The van der Waals surface area contributed by atoms with Crippen molar-refractivity contribution in [2.75, 3.05) is 16.4 Å². The van der Waals surface area contributed by atoms with Crippen LogP contribution in [0.2, 0.25) is 0 Å². The fourth-order valence-corrected chi connectivity index (χ4v) is 4.07. The van der Waals surface area contributed by atoms with Gasteiger partial charge in [-0.05, 0) is 24.3 Å². The van der Waals surface area contributed by atoms with Gasteiger partial charge in [-0.15, -0.1) is 10.2 Å². The number of nitrogens with zero attached hydrogens (tertiary/aromatic N) is 5. The van der Waals surface area contributed by atoms with Crippen LogP contribution in [0.3, 0.4) is 0 Å². The van der Waals surface area contributed by atoms with Crippen LogP contribution in [0.4, 0.5) is 10.9 Å². The number of hydrogen-bond acceptors (Lipinski definition) is 9. The predicted octanol–water partition coefficient (Wildman–Crippen LogP) is 3.53. The molecule has 2 N–H and O–H groups in total. The van der Waals surface area contributed by atoms with E-state index in [0.29, 0.717) is 21.8 Å². The molecule has 0 saturated heterocycles. The molecule has 150 valence electrons. The van der Waals surface area contributed by atoms with E-state index in [2.05, 4.69) is 32.0 Å². The van der Waals surface area contributed by atoms with Crippen molar-refractivity contribution in [2.24, 2.45) is 0 Å². The van der Waals surface area contributed by atoms with Gasteiger partial charge in [-0.1, -0.05) is 41.3 Å². The highest BCUT2D eigenvalue weighted by atomic mass is 32.2. The summed E-state index contributed by atoms with van der Waals surface area (Å²) in [6.45, 7) is 0.507. The first-order chi connectivity index (χ1) is 14.7. The van der Waals surface area contributed by atoms with E-state index in [1.807, 2.05) is 42.5 Å². The lowest BCUT2D eigenvalue weighted by molar-refractivity contribution is -0.113. The number of benzene rings is 1. The number of amides is 1. The van der Waals surface area contributed by atoms with E-state index in [1.54, 1.807) is 6.26 Å². The van der Waals surface area contributed by atoms with E-state index < -0.39 is 0 Å². The molecule has 0 saturated carbocycles. The molecule has 4 rings (SSSR count). The molecule has 3 aromatic heterocycles. The fourth-order valence-electron chi connectivity index (χ4n) is 2.53. The summed E-state index contributed by atoms with van der Waals surface area (Å²) in [5.41, 5.74) is 1.04. The SMILES string of the molecule is N#Cc1cnn(-c2ccccc2)c1NC(=O)CSc1nnc(NCc2ccco2)s1. The van der Waals surface area contributed by atoms with Gasteiger partial charge < -0.3 is 15.1 Å². The molecule has 0 bridgehead atoms. The highest BCUT2D eigenvalue weighted by Crippen LogP contribution is 2.26. The minimum Gasteiger partial charge on any atom is -0.467 e. The molecular formula is C19H15N7O2S2. The number of nitriles is 1. The summed E-state index contributed by atoms with van der Waals surface area (Å²) in [6.07, 6.45) is 3.04. The van der Waals surface area contributed by atoms with Crippen molar-refractivity contribution in [3.8, 4) is 11.8 Å². The van der Waals surface area contributed by atoms with Crippen LogP contribution in [0, 0.1) is 11.3 Å². The summed E-state index contributed by atoms with van der Waals surface area (Å²) in [4.78, 5) is 12.5.